The van der Waals surface area contributed by atoms with E-state index in [1.807, 2.05) is 4.90 Å². The Hall–Kier alpha value is -1.92. The van der Waals surface area contributed by atoms with Crippen LogP contribution in [-0.4, -0.2) is 50.0 Å². The summed E-state index contributed by atoms with van der Waals surface area (Å²) in [5.41, 5.74) is 0.635. The van der Waals surface area contributed by atoms with Crippen molar-refractivity contribution in [1.29, 1.82) is 0 Å². The number of amides is 1. The molecule has 1 aromatic rings. The normalized spacial score (nSPS) is 19.5. The molecule has 0 bridgehead atoms. The minimum atomic E-state index is -1.06. The maximum atomic E-state index is 12.5. The summed E-state index contributed by atoms with van der Waals surface area (Å²) in [4.78, 5) is 25.6. The zero-order chi connectivity index (χ0) is 15.5. The highest BCUT2D eigenvalue weighted by Crippen LogP contribution is 2.37. The second kappa shape index (κ2) is 6.46. The molecular formula is C15H22N4O3. The van der Waals surface area contributed by atoms with E-state index in [-0.39, 0.29) is 24.1 Å². The van der Waals surface area contributed by atoms with Gasteiger partial charge in [-0.3, -0.25) is 4.79 Å². The molecule has 7 heteroatoms. The molecule has 1 aliphatic carbocycles. The third kappa shape index (κ3) is 2.98. The smallest absolute Gasteiger partial charge is 0.358 e. The number of carbonyl (C=O) groups is 2. The van der Waals surface area contributed by atoms with Crippen molar-refractivity contribution in [3.8, 4) is 0 Å². The fourth-order valence-electron chi connectivity index (χ4n) is 3.22. The number of aromatic nitrogens is 3. The van der Waals surface area contributed by atoms with Crippen molar-refractivity contribution in [2.45, 2.75) is 57.4 Å². The molecule has 2 aliphatic rings. The fourth-order valence-corrected chi connectivity index (χ4v) is 3.22. The topological polar surface area (TPSA) is 88.3 Å². The summed E-state index contributed by atoms with van der Waals surface area (Å²) >= 11 is 0. The predicted octanol–water partition coefficient (Wildman–Crippen LogP) is 1.65. The van der Waals surface area contributed by atoms with Crippen LogP contribution in [0.2, 0.25) is 0 Å². The number of hydrogen-bond donors (Lipinski definition) is 1. The number of carboxylic acid groups (broad SMARTS) is 1. The molecule has 1 saturated carbocycles. The van der Waals surface area contributed by atoms with Gasteiger partial charge in [0.2, 0.25) is 5.91 Å². The van der Waals surface area contributed by atoms with Crippen molar-refractivity contribution in [2.24, 2.45) is 0 Å². The Balaban J connectivity index is 1.76. The van der Waals surface area contributed by atoms with Gasteiger partial charge in [0.25, 0.3) is 0 Å². The summed E-state index contributed by atoms with van der Waals surface area (Å²) in [6.07, 6.45) is 7.41. The molecule has 7 nitrogen and oxygen atoms in total. The van der Waals surface area contributed by atoms with Crippen LogP contribution in [-0.2, 0) is 11.3 Å². The lowest BCUT2D eigenvalue weighted by atomic mass is 9.82. The quantitative estimate of drug-likeness (QED) is 0.913. The maximum absolute atomic E-state index is 12.5. The average Bonchev–Trinajstić information content (AvgIpc) is 2.67. The fraction of sp³-hybridized carbons (Fsp3) is 0.733. The number of rotatable bonds is 4. The van der Waals surface area contributed by atoms with Gasteiger partial charge in [-0.2, -0.15) is 0 Å². The first-order chi connectivity index (χ1) is 10.7. The van der Waals surface area contributed by atoms with E-state index in [0.29, 0.717) is 5.69 Å². The van der Waals surface area contributed by atoms with E-state index in [1.165, 1.54) is 17.5 Å². The first kappa shape index (κ1) is 15.0. The monoisotopic (exact) mass is 306 g/mol. The number of likely N-dealkylation sites (tertiary alicyclic amines) is 1. The van der Waals surface area contributed by atoms with Crippen LogP contribution in [0.15, 0.2) is 0 Å². The summed E-state index contributed by atoms with van der Waals surface area (Å²) in [7, 11) is 0. The number of aromatic carboxylic acids is 1. The number of carboxylic acids is 1. The first-order valence-electron chi connectivity index (χ1n) is 8.11. The van der Waals surface area contributed by atoms with Gasteiger partial charge in [-0.25, -0.2) is 9.48 Å². The van der Waals surface area contributed by atoms with E-state index in [2.05, 4.69) is 10.3 Å². The highest BCUT2D eigenvalue weighted by Gasteiger charge is 2.31. The van der Waals surface area contributed by atoms with E-state index in [4.69, 9.17) is 0 Å². The van der Waals surface area contributed by atoms with E-state index in [1.54, 1.807) is 0 Å². The molecule has 120 valence electrons. The molecule has 0 radical (unpaired) electrons. The summed E-state index contributed by atoms with van der Waals surface area (Å²) < 4.78 is 1.51. The lowest BCUT2D eigenvalue weighted by Gasteiger charge is -2.27. The summed E-state index contributed by atoms with van der Waals surface area (Å²) in [5.74, 6) is -0.863. The van der Waals surface area contributed by atoms with Crippen LogP contribution in [0.1, 0.15) is 67.0 Å². The van der Waals surface area contributed by atoms with Crippen LogP contribution < -0.4 is 0 Å². The molecule has 0 aromatic carbocycles. The maximum Gasteiger partial charge on any atom is 0.358 e. The molecule has 0 spiro atoms. The van der Waals surface area contributed by atoms with Crippen molar-refractivity contribution in [1.82, 2.24) is 19.9 Å². The highest BCUT2D eigenvalue weighted by atomic mass is 16.4. The largest absolute Gasteiger partial charge is 0.476 e. The average molecular weight is 306 g/mol. The van der Waals surface area contributed by atoms with Gasteiger partial charge in [0, 0.05) is 19.0 Å². The number of hydrogen-bond acceptors (Lipinski definition) is 4. The second-order valence-corrected chi connectivity index (χ2v) is 6.21. The summed E-state index contributed by atoms with van der Waals surface area (Å²) in [6.45, 7) is 1.68. The Morgan fingerprint density at radius 3 is 2.32 bits per heavy atom. The van der Waals surface area contributed by atoms with Crippen LogP contribution in [0, 0.1) is 0 Å². The number of nitrogens with zero attached hydrogens (tertiary/aromatic N) is 4. The summed E-state index contributed by atoms with van der Waals surface area (Å²) in [5, 5.41) is 17.0. The third-order valence-corrected chi connectivity index (χ3v) is 4.71. The molecule has 1 aromatic heterocycles. The Bertz CT molecular complexity index is 557. The van der Waals surface area contributed by atoms with Gasteiger partial charge in [-0.05, 0) is 25.7 Å². The van der Waals surface area contributed by atoms with Gasteiger partial charge in [0.05, 0.1) is 5.69 Å². The standard InChI is InChI=1S/C15H22N4O3/c20-12(18-8-3-1-2-4-9-18)10-19-14(11-6-5-7-11)13(15(21)22)16-17-19/h11H,1-10H2,(H,21,22). The van der Waals surface area contributed by atoms with Crippen LogP contribution >= 0.6 is 0 Å². The Kier molecular flexibility index (Phi) is 4.40. The zero-order valence-corrected chi connectivity index (χ0v) is 12.7. The zero-order valence-electron chi connectivity index (χ0n) is 12.7. The molecule has 1 saturated heterocycles. The molecule has 0 atom stereocenters. The van der Waals surface area contributed by atoms with Crippen LogP contribution in [0.4, 0.5) is 0 Å². The van der Waals surface area contributed by atoms with Crippen molar-refractivity contribution in [3.05, 3.63) is 11.4 Å². The van der Waals surface area contributed by atoms with Crippen molar-refractivity contribution in [3.63, 3.8) is 0 Å². The van der Waals surface area contributed by atoms with Crippen molar-refractivity contribution < 1.29 is 14.7 Å². The summed E-state index contributed by atoms with van der Waals surface area (Å²) in [6, 6.07) is 0. The SMILES string of the molecule is O=C(O)c1nnn(CC(=O)N2CCCCCC2)c1C1CCC1. The van der Waals surface area contributed by atoms with Crippen molar-refractivity contribution in [2.75, 3.05) is 13.1 Å². The minimum Gasteiger partial charge on any atom is -0.476 e. The van der Waals surface area contributed by atoms with Crippen LogP contribution in [0.5, 0.6) is 0 Å². The molecular weight excluding hydrogens is 284 g/mol. The van der Waals surface area contributed by atoms with E-state index < -0.39 is 5.97 Å². The van der Waals surface area contributed by atoms with E-state index >= 15 is 0 Å². The van der Waals surface area contributed by atoms with Gasteiger partial charge in [0.1, 0.15) is 6.54 Å². The second-order valence-electron chi connectivity index (χ2n) is 6.21. The Morgan fingerprint density at radius 1 is 1.09 bits per heavy atom. The molecule has 2 fully saturated rings. The lowest BCUT2D eigenvalue weighted by Crippen LogP contribution is -2.35. The van der Waals surface area contributed by atoms with Crippen LogP contribution in [0.3, 0.4) is 0 Å². The van der Waals surface area contributed by atoms with Gasteiger partial charge < -0.3 is 10.0 Å². The van der Waals surface area contributed by atoms with E-state index in [9.17, 15) is 14.7 Å². The van der Waals surface area contributed by atoms with Gasteiger partial charge in [0.15, 0.2) is 5.69 Å². The molecule has 1 N–H and O–H groups in total. The van der Waals surface area contributed by atoms with Crippen molar-refractivity contribution >= 4 is 11.9 Å². The van der Waals surface area contributed by atoms with Crippen LogP contribution in [0.25, 0.3) is 0 Å². The molecule has 3 rings (SSSR count). The molecule has 2 heterocycles. The molecule has 22 heavy (non-hydrogen) atoms. The van der Waals surface area contributed by atoms with E-state index in [0.717, 1.165) is 45.2 Å². The van der Waals surface area contributed by atoms with Gasteiger partial charge >= 0.3 is 5.97 Å². The third-order valence-electron chi connectivity index (χ3n) is 4.71. The molecule has 1 aliphatic heterocycles. The highest BCUT2D eigenvalue weighted by molar-refractivity contribution is 5.87. The first-order valence-corrected chi connectivity index (χ1v) is 8.11. The molecule has 1 amide bonds. The molecule has 0 unspecified atom stereocenters. The van der Waals surface area contributed by atoms with Gasteiger partial charge in [-0.1, -0.05) is 24.5 Å². The Labute approximate surface area is 129 Å². The predicted molar refractivity (Wildman–Crippen MR) is 78.6 cm³/mol. The lowest BCUT2D eigenvalue weighted by molar-refractivity contribution is -0.132. The Morgan fingerprint density at radius 2 is 1.77 bits per heavy atom. The van der Waals surface area contributed by atoms with Gasteiger partial charge in [-0.15, -0.1) is 5.10 Å². The minimum absolute atomic E-state index is 0.00775. The number of carbonyl (C=O) groups excluding carboxylic acids is 1.